The van der Waals surface area contributed by atoms with Gasteiger partial charge in [-0.2, -0.15) is 0 Å². The molecule has 0 aromatic heterocycles. The van der Waals surface area contributed by atoms with Crippen molar-refractivity contribution in [2.24, 2.45) is 16.6 Å². The molecule has 5 nitrogen and oxygen atoms in total. The van der Waals surface area contributed by atoms with Gasteiger partial charge in [0, 0.05) is 31.9 Å². The standard InChI is InChI=1S/C17H28N4O/c1-13-8-14(2)10-16(9-13)20-17(18)19-11-15(3)12-21-4-6-22-7-5-21/h8-10,15H,4-7,11-12H2,1-3H3,(H3,18,19,20). The van der Waals surface area contributed by atoms with Crippen molar-refractivity contribution in [3.8, 4) is 0 Å². The summed E-state index contributed by atoms with van der Waals surface area (Å²) in [5.41, 5.74) is 9.43. The molecule has 1 aliphatic heterocycles. The first kappa shape index (κ1) is 16.8. The molecule has 0 radical (unpaired) electrons. The van der Waals surface area contributed by atoms with Gasteiger partial charge in [-0.3, -0.25) is 9.89 Å². The first-order valence-corrected chi connectivity index (χ1v) is 7.98. The van der Waals surface area contributed by atoms with Crippen LogP contribution in [0, 0.1) is 19.8 Å². The fourth-order valence-corrected chi connectivity index (χ4v) is 2.77. The zero-order valence-corrected chi connectivity index (χ0v) is 13.9. The van der Waals surface area contributed by atoms with Crippen molar-refractivity contribution in [2.75, 3.05) is 44.7 Å². The zero-order chi connectivity index (χ0) is 15.9. The molecule has 22 heavy (non-hydrogen) atoms. The minimum absolute atomic E-state index is 0.484. The normalized spacial score (nSPS) is 18.2. The summed E-state index contributed by atoms with van der Waals surface area (Å²) in [7, 11) is 0. The van der Waals surface area contributed by atoms with Crippen LogP contribution in [0.15, 0.2) is 23.2 Å². The van der Waals surface area contributed by atoms with Crippen molar-refractivity contribution in [1.29, 1.82) is 0 Å². The van der Waals surface area contributed by atoms with Gasteiger partial charge in [0.15, 0.2) is 5.96 Å². The predicted octanol–water partition coefficient (Wildman–Crippen LogP) is 2.00. The number of hydrogen-bond acceptors (Lipinski definition) is 3. The minimum Gasteiger partial charge on any atom is -0.379 e. The van der Waals surface area contributed by atoms with E-state index in [1.54, 1.807) is 0 Å². The highest BCUT2D eigenvalue weighted by atomic mass is 16.5. The Morgan fingerprint density at radius 1 is 1.27 bits per heavy atom. The number of morpholine rings is 1. The Kier molecular flexibility index (Phi) is 6.21. The van der Waals surface area contributed by atoms with Crippen molar-refractivity contribution in [1.82, 2.24) is 4.90 Å². The van der Waals surface area contributed by atoms with Crippen LogP contribution >= 0.6 is 0 Å². The number of nitrogens with zero attached hydrogens (tertiary/aromatic N) is 2. The van der Waals surface area contributed by atoms with Crippen molar-refractivity contribution >= 4 is 11.6 Å². The van der Waals surface area contributed by atoms with E-state index in [1.165, 1.54) is 11.1 Å². The molecule has 122 valence electrons. The Labute approximate surface area is 133 Å². The maximum Gasteiger partial charge on any atom is 0.193 e. The van der Waals surface area contributed by atoms with E-state index in [0.717, 1.165) is 45.1 Å². The summed E-state index contributed by atoms with van der Waals surface area (Å²) < 4.78 is 5.37. The van der Waals surface area contributed by atoms with Gasteiger partial charge in [0.2, 0.25) is 0 Å². The van der Waals surface area contributed by atoms with Gasteiger partial charge in [0.05, 0.1) is 13.2 Å². The number of anilines is 1. The van der Waals surface area contributed by atoms with Crippen LogP contribution in [0.2, 0.25) is 0 Å². The number of rotatable bonds is 5. The second kappa shape index (κ2) is 8.15. The predicted molar refractivity (Wildman–Crippen MR) is 92.5 cm³/mol. The van der Waals surface area contributed by atoms with Gasteiger partial charge in [-0.15, -0.1) is 0 Å². The van der Waals surface area contributed by atoms with Gasteiger partial charge in [0.25, 0.3) is 0 Å². The van der Waals surface area contributed by atoms with Crippen molar-refractivity contribution in [2.45, 2.75) is 20.8 Å². The Bertz CT molecular complexity index is 489. The SMILES string of the molecule is Cc1cc(C)cc(NC(N)=NCC(C)CN2CCOCC2)c1. The second-order valence-electron chi connectivity index (χ2n) is 6.25. The quantitative estimate of drug-likeness (QED) is 0.645. The lowest BCUT2D eigenvalue weighted by Crippen LogP contribution is -2.39. The molecular formula is C17H28N4O. The topological polar surface area (TPSA) is 62.9 Å². The van der Waals surface area contributed by atoms with Crippen molar-refractivity contribution in [3.63, 3.8) is 0 Å². The Hall–Kier alpha value is -1.59. The van der Waals surface area contributed by atoms with E-state index in [0.29, 0.717) is 11.9 Å². The lowest BCUT2D eigenvalue weighted by atomic mass is 10.1. The number of nitrogens with one attached hydrogen (secondary N) is 1. The molecule has 1 atom stereocenters. The van der Waals surface area contributed by atoms with Gasteiger partial charge in [-0.05, 0) is 43.0 Å². The number of nitrogens with two attached hydrogens (primary N) is 1. The number of ether oxygens (including phenoxy) is 1. The molecule has 1 fully saturated rings. The number of aliphatic imine (C=N–C) groups is 1. The molecule has 0 spiro atoms. The zero-order valence-electron chi connectivity index (χ0n) is 13.9. The van der Waals surface area contributed by atoms with Gasteiger partial charge < -0.3 is 15.8 Å². The molecule has 1 aromatic rings. The summed E-state index contributed by atoms with van der Waals surface area (Å²) in [6.45, 7) is 11.9. The number of aryl methyl sites for hydroxylation is 2. The Morgan fingerprint density at radius 3 is 2.55 bits per heavy atom. The van der Waals surface area contributed by atoms with E-state index in [9.17, 15) is 0 Å². The highest BCUT2D eigenvalue weighted by Crippen LogP contribution is 2.13. The Balaban J connectivity index is 1.81. The molecule has 1 aliphatic rings. The van der Waals surface area contributed by atoms with E-state index >= 15 is 0 Å². The van der Waals surface area contributed by atoms with E-state index < -0.39 is 0 Å². The third-order valence-corrected chi connectivity index (χ3v) is 3.74. The van der Waals surface area contributed by atoms with E-state index in [2.05, 4.69) is 54.2 Å². The lowest BCUT2D eigenvalue weighted by Gasteiger charge is -2.28. The fraction of sp³-hybridized carbons (Fsp3) is 0.588. The highest BCUT2D eigenvalue weighted by Gasteiger charge is 2.13. The molecule has 5 heteroatoms. The fourth-order valence-electron chi connectivity index (χ4n) is 2.77. The van der Waals surface area contributed by atoms with Crippen LogP contribution in [-0.4, -0.2) is 50.3 Å². The van der Waals surface area contributed by atoms with Crippen LogP contribution in [0.25, 0.3) is 0 Å². The van der Waals surface area contributed by atoms with Crippen LogP contribution in [0.3, 0.4) is 0 Å². The summed E-state index contributed by atoms with van der Waals surface area (Å²) in [4.78, 5) is 6.90. The molecular weight excluding hydrogens is 276 g/mol. The molecule has 1 heterocycles. The van der Waals surface area contributed by atoms with Crippen LogP contribution < -0.4 is 11.1 Å². The lowest BCUT2D eigenvalue weighted by molar-refractivity contribution is 0.0323. The third kappa shape index (κ3) is 5.66. The monoisotopic (exact) mass is 304 g/mol. The second-order valence-corrected chi connectivity index (χ2v) is 6.25. The van der Waals surface area contributed by atoms with Crippen LogP contribution in [0.1, 0.15) is 18.1 Å². The molecule has 3 N–H and O–H groups in total. The van der Waals surface area contributed by atoms with Crippen molar-refractivity contribution in [3.05, 3.63) is 29.3 Å². The summed E-state index contributed by atoms with van der Waals surface area (Å²) in [5, 5.41) is 3.18. The van der Waals surface area contributed by atoms with Crippen LogP contribution in [0.5, 0.6) is 0 Å². The number of benzene rings is 1. The summed E-state index contributed by atoms with van der Waals surface area (Å²) in [6.07, 6.45) is 0. The summed E-state index contributed by atoms with van der Waals surface area (Å²) in [6, 6.07) is 6.29. The minimum atomic E-state index is 0.484. The van der Waals surface area contributed by atoms with Crippen LogP contribution in [-0.2, 0) is 4.74 Å². The van der Waals surface area contributed by atoms with Gasteiger partial charge in [-0.1, -0.05) is 13.0 Å². The molecule has 0 bridgehead atoms. The molecule has 2 rings (SSSR count). The molecule has 0 saturated carbocycles. The van der Waals surface area contributed by atoms with E-state index in [1.807, 2.05) is 0 Å². The third-order valence-electron chi connectivity index (χ3n) is 3.74. The highest BCUT2D eigenvalue weighted by molar-refractivity contribution is 5.92. The average molecular weight is 304 g/mol. The molecule has 1 unspecified atom stereocenters. The number of guanidine groups is 1. The summed E-state index contributed by atoms with van der Waals surface area (Å²) >= 11 is 0. The van der Waals surface area contributed by atoms with Crippen molar-refractivity contribution < 1.29 is 4.74 Å². The number of hydrogen-bond donors (Lipinski definition) is 2. The maximum absolute atomic E-state index is 5.99. The average Bonchev–Trinajstić information content (AvgIpc) is 2.45. The summed E-state index contributed by atoms with van der Waals surface area (Å²) in [5.74, 6) is 0.969. The Morgan fingerprint density at radius 2 is 1.91 bits per heavy atom. The van der Waals surface area contributed by atoms with E-state index in [-0.39, 0.29) is 0 Å². The molecule has 0 amide bonds. The first-order valence-electron chi connectivity index (χ1n) is 7.98. The van der Waals surface area contributed by atoms with Gasteiger partial charge in [-0.25, -0.2) is 0 Å². The first-order chi connectivity index (χ1) is 10.5. The smallest absolute Gasteiger partial charge is 0.193 e. The molecule has 0 aliphatic carbocycles. The molecule has 1 saturated heterocycles. The van der Waals surface area contributed by atoms with E-state index in [4.69, 9.17) is 10.5 Å². The molecule has 1 aromatic carbocycles. The van der Waals surface area contributed by atoms with Gasteiger partial charge >= 0.3 is 0 Å². The largest absolute Gasteiger partial charge is 0.379 e. The van der Waals surface area contributed by atoms with Gasteiger partial charge in [0.1, 0.15) is 0 Å². The maximum atomic E-state index is 5.99. The van der Waals surface area contributed by atoms with Crippen LogP contribution in [0.4, 0.5) is 5.69 Å².